The fraction of sp³-hybridized carbons (Fsp3) is 0.733. The molecule has 0 aromatic carbocycles. The van der Waals surface area contributed by atoms with Crippen molar-refractivity contribution in [2.45, 2.75) is 58.2 Å². The fourth-order valence-corrected chi connectivity index (χ4v) is 3.90. The molecule has 2 N–H and O–H groups in total. The van der Waals surface area contributed by atoms with Gasteiger partial charge in [0.15, 0.2) is 0 Å². The van der Waals surface area contributed by atoms with Crippen LogP contribution in [0, 0.1) is 13.8 Å². The molecule has 0 saturated heterocycles. The van der Waals surface area contributed by atoms with Gasteiger partial charge in [-0.3, -0.25) is 0 Å². The van der Waals surface area contributed by atoms with Gasteiger partial charge in [-0.15, -0.1) is 0 Å². The minimum atomic E-state index is 0.557. The molecule has 1 heterocycles. The van der Waals surface area contributed by atoms with Crippen LogP contribution >= 0.6 is 11.8 Å². The van der Waals surface area contributed by atoms with E-state index in [1.807, 2.05) is 6.92 Å². The zero-order chi connectivity index (χ0) is 14.5. The van der Waals surface area contributed by atoms with E-state index in [0.717, 1.165) is 34.8 Å². The van der Waals surface area contributed by atoms with E-state index in [1.165, 1.54) is 25.0 Å². The summed E-state index contributed by atoms with van der Waals surface area (Å²) in [7, 11) is 0. The highest BCUT2D eigenvalue weighted by molar-refractivity contribution is 7.99. The Morgan fingerprint density at radius 3 is 2.60 bits per heavy atom. The van der Waals surface area contributed by atoms with Crippen molar-refractivity contribution in [3.05, 3.63) is 11.4 Å². The first-order valence-corrected chi connectivity index (χ1v) is 8.66. The van der Waals surface area contributed by atoms with Crippen LogP contribution in [0.3, 0.4) is 0 Å². The van der Waals surface area contributed by atoms with E-state index in [2.05, 4.69) is 53.1 Å². The van der Waals surface area contributed by atoms with Crippen LogP contribution in [0.1, 0.15) is 44.5 Å². The maximum Gasteiger partial charge on any atom is 0.134 e. The second-order valence-electron chi connectivity index (χ2n) is 5.36. The van der Waals surface area contributed by atoms with E-state index in [1.54, 1.807) is 0 Å². The van der Waals surface area contributed by atoms with E-state index in [0.29, 0.717) is 6.04 Å². The van der Waals surface area contributed by atoms with Gasteiger partial charge >= 0.3 is 0 Å². The molecule has 1 fully saturated rings. The summed E-state index contributed by atoms with van der Waals surface area (Å²) in [4.78, 5) is 9.06. The van der Waals surface area contributed by atoms with Crippen LogP contribution in [0.5, 0.6) is 0 Å². The normalized spacial score (nSPS) is 22.0. The Morgan fingerprint density at radius 2 is 1.90 bits per heavy atom. The summed E-state index contributed by atoms with van der Waals surface area (Å²) >= 11 is 2.09. The number of anilines is 2. The summed E-state index contributed by atoms with van der Waals surface area (Å²) in [5.74, 6) is 4.00. The minimum absolute atomic E-state index is 0.557. The van der Waals surface area contributed by atoms with Crippen LogP contribution < -0.4 is 10.6 Å². The molecular weight excluding hydrogens is 268 g/mol. The largest absolute Gasteiger partial charge is 0.370 e. The Bertz CT molecular complexity index is 450. The molecular formula is C15H26N4S. The third kappa shape index (κ3) is 3.78. The summed E-state index contributed by atoms with van der Waals surface area (Å²) in [6, 6.07) is 0.557. The van der Waals surface area contributed by atoms with Crippen LogP contribution in [-0.4, -0.2) is 33.6 Å². The Morgan fingerprint density at radius 1 is 1.15 bits per heavy atom. The van der Waals surface area contributed by atoms with Crippen molar-refractivity contribution in [2.24, 2.45) is 0 Å². The predicted octanol–water partition coefficient (Wildman–Crippen LogP) is 3.61. The molecule has 0 spiro atoms. The lowest BCUT2D eigenvalue weighted by atomic mass is 10.2. The Labute approximate surface area is 126 Å². The first-order chi connectivity index (χ1) is 9.63. The highest BCUT2D eigenvalue weighted by atomic mass is 32.2. The molecule has 2 unspecified atom stereocenters. The molecule has 1 aliphatic rings. The van der Waals surface area contributed by atoms with Crippen LogP contribution in [0.4, 0.5) is 11.6 Å². The molecule has 2 atom stereocenters. The number of aromatic nitrogens is 2. The van der Waals surface area contributed by atoms with Gasteiger partial charge in [0.1, 0.15) is 17.5 Å². The predicted molar refractivity (Wildman–Crippen MR) is 88.9 cm³/mol. The average molecular weight is 294 g/mol. The SMILES string of the molecule is CCNc1nc(C)nc(NC2CCC(SCC)C2)c1C. The maximum atomic E-state index is 4.58. The van der Waals surface area contributed by atoms with E-state index in [-0.39, 0.29) is 0 Å². The summed E-state index contributed by atoms with van der Waals surface area (Å²) in [6.07, 6.45) is 3.81. The molecule has 1 saturated carbocycles. The van der Waals surface area contributed by atoms with E-state index < -0.39 is 0 Å². The van der Waals surface area contributed by atoms with Crippen molar-refractivity contribution in [1.82, 2.24) is 9.97 Å². The van der Waals surface area contributed by atoms with Gasteiger partial charge in [0, 0.05) is 23.4 Å². The summed E-state index contributed by atoms with van der Waals surface area (Å²) in [5.41, 5.74) is 1.13. The molecule has 0 bridgehead atoms. The van der Waals surface area contributed by atoms with Gasteiger partial charge < -0.3 is 10.6 Å². The van der Waals surface area contributed by atoms with Crippen molar-refractivity contribution in [2.75, 3.05) is 22.9 Å². The van der Waals surface area contributed by atoms with Gasteiger partial charge in [0.05, 0.1) is 0 Å². The number of hydrogen-bond acceptors (Lipinski definition) is 5. The van der Waals surface area contributed by atoms with Crippen LogP contribution in [0.15, 0.2) is 0 Å². The number of hydrogen-bond donors (Lipinski definition) is 2. The van der Waals surface area contributed by atoms with Gasteiger partial charge in [-0.25, -0.2) is 9.97 Å². The van der Waals surface area contributed by atoms with Gasteiger partial charge in [-0.2, -0.15) is 11.8 Å². The van der Waals surface area contributed by atoms with Gasteiger partial charge in [0.25, 0.3) is 0 Å². The van der Waals surface area contributed by atoms with Crippen molar-refractivity contribution < 1.29 is 0 Å². The zero-order valence-electron chi connectivity index (χ0n) is 13.0. The Kier molecular flexibility index (Phi) is 5.52. The molecule has 0 aliphatic heterocycles. The standard InChI is InChI=1S/C15H26N4S/c1-5-16-14-10(3)15(18-11(4)17-14)19-12-7-8-13(9-12)20-6-2/h12-13H,5-9H2,1-4H3,(H2,16,17,18,19). The molecule has 2 rings (SSSR count). The monoisotopic (exact) mass is 294 g/mol. The molecule has 1 aromatic heterocycles. The van der Waals surface area contributed by atoms with Crippen molar-refractivity contribution in [3.63, 3.8) is 0 Å². The number of nitrogens with one attached hydrogen (secondary N) is 2. The van der Waals surface area contributed by atoms with Crippen LogP contribution in [0.2, 0.25) is 0 Å². The molecule has 1 aromatic rings. The molecule has 5 heteroatoms. The smallest absolute Gasteiger partial charge is 0.134 e. The lowest BCUT2D eigenvalue weighted by Gasteiger charge is -2.18. The lowest BCUT2D eigenvalue weighted by Crippen LogP contribution is -2.19. The minimum Gasteiger partial charge on any atom is -0.370 e. The third-order valence-electron chi connectivity index (χ3n) is 3.73. The Hall–Kier alpha value is -0.970. The van der Waals surface area contributed by atoms with Crippen LogP contribution in [-0.2, 0) is 0 Å². The fourth-order valence-electron chi connectivity index (χ4n) is 2.76. The number of rotatable bonds is 6. The van der Waals surface area contributed by atoms with Gasteiger partial charge in [-0.05, 0) is 45.8 Å². The third-order valence-corrected chi connectivity index (χ3v) is 4.96. The molecule has 20 heavy (non-hydrogen) atoms. The maximum absolute atomic E-state index is 4.58. The lowest BCUT2D eigenvalue weighted by molar-refractivity contribution is 0.748. The van der Waals surface area contributed by atoms with E-state index in [4.69, 9.17) is 0 Å². The van der Waals surface area contributed by atoms with Gasteiger partial charge in [-0.1, -0.05) is 6.92 Å². The van der Waals surface area contributed by atoms with E-state index in [9.17, 15) is 0 Å². The second kappa shape index (κ2) is 7.16. The van der Waals surface area contributed by atoms with Crippen LogP contribution in [0.25, 0.3) is 0 Å². The van der Waals surface area contributed by atoms with Crippen molar-refractivity contribution in [1.29, 1.82) is 0 Å². The van der Waals surface area contributed by atoms with Gasteiger partial charge in [0.2, 0.25) is 0 Å². The van der Waals surface area contributed by atoms with E-state index >= 15 is 0 Å². The topological polar surface area (TPSA) is 49.8 Å². The quantitative estimate of drug-likeness (QED) is 0.839. The first-order valence-electron chi connectivity index (χ1n) is 7.61. The number of aryl methyl sites for hydroxylation is 1. The summed E-state index contributed by atoms with van der Waals surface area (Å²) in [6.45, 7) is 9.26. The average Bonchev–Trinajstić information content (AvgIpc) is 2.83. The molecule has 4 nitrogen and oxygen atoms in total. The summed E-state index contributed by atoms with van der Waals surface area (Å²) in [5, 5.41) is 7.76. The number of nitrogens with zero attached hydrogens (tertiary/aromatic N) is 2. The molecule has 0 radical (unpaired) electrons. The first kappa shape index (κ1) is 15.4. The Balaban J connectivity index is 2.06. The second-order valence-corrected chi connectivity index (χ2v) is 6.93. The highest BCUT2D eigenvalue weighted by Crippen LogP contribution is 2.32. The number of thioether (sulfide) groups is 1. The molecule has 112 valence electrons. The summed E-state index contributed by atoms with van der Waals surface area (Å²) < 4.78 is 0. The highest BCUT2D eigenvalue weighted by Gasteiger charge is 2.25. The van der Waals surface area contributed by atoms with Crippen molar-refractivity contribution >= 4 is 23.4 Å². The zero-order valence-corrected chi connectivity index (χ0v) is 13.8. The van der Waals surface area contributed by atoms with Crippen molar-refractivity contribution in [3.8, 4) is 0 Å². The molecule has 0 amide bonds. The molecule has 1 aliphatic carbocycles.